The molecule has 1 heterocycles. The zero-order valence-electron chi connectivity index (χ0n) is 17.1. The van der Waals surface area contributed by atoms with E-state index in [2.05, 4.69) is 5.32 Å². The number of halogens is 3. The number of amides is 1. The molecule has 0 spiro atoms. The predicted octanol–water partition coefficient (Wildman–Crippen LogP) is 4.16. The Kier molecular flexibility index (Phi) is 7.47. The van der Waals surface area contributed by atoms with Crippen molar-refractivity contribution in [1.82, 2.24) is 14.9 Å². The highest BCUT2D eigenvalue weighted by Gasteiger charge is 2.33. The molecule has 6 nitrogen and oxygen atoms in total. The van der Waals surface area contributed by atoms with Gasteiger partial charge in [-0.15, -0.1) is 0 Å². The molecule has 2 aromatic rings. The maximum absolute atomic E-state index is 13.4. The number of carbonyl (C=O) groups is 1. The highest BCUT2D eigenvalue weighted by Crippen LogP contribution is 2.26. The van der Waals surface area contributed by atoms with Crippen molar-refractivity contribution < 1.29 is 27.9 Å². The van der Waals surface area contributed by atoms with Gasteiger partial charge >= 0.3 is 0 Å². The lowest BCUT2D eigenvalue weighted by molar-refractivity contribution is -0.167. The number of rotatable bonds is 7. The summed E-state index contributed by atoms with van der Waals surface area (Å²) < 4.78 is 46.3. The lowest BCUT2D eigenvalue weighted by Crippen LogP contribution is -2.53. The molecular formula is C21H24F3N3O3S. The largest absolute Gasteiger partial charge is 0.478 e. The number of benzene rings is 2. The number of hydrazine groups is 1. The second-order valence-corrected chi connectivity index (χ2v) is 8.67. The van der Waals surface area contributed by atoms with Gasteiger partial charge in [-0.1, -0.05) is 10.6 Å². The van der Waals surface area contributed by atoms with Crippen molar-refractivity contribution in [2.45, 2.75) is 43.2 Å². The van der Waals surface area contributed by atoms with E-state index in [1.807, 2.05) is 0 Å². The Bertz CT molecular complexity index is 924. The summed E-state index contributed by atoms with van der Waals surface area (Å²) in [6.07, 6.45) is 1.15. The van der Waals surface area contributed by atoms with Gasteiger partial charge in [-0.05, 0) is 57.0 Å². The van der Waals surface area contributed by atoms with Gasteiger partial charge < -0.3 is 10.1 Å². The molecule has 1 aliphatic rings. The highest BCUT2D eigenvalue weighted by atomic mass is 32.2. The molecule has 2 N–H and O–H groups in total. The van der Waals surface area contributed by atoms with Crippen molar-refractivity contribution in [1.29, 1.82) is 0 Å². The molecule has 0 radical (unpaired) electrons. The molecule has 0 saturated carbocycles. The van der Waals surface area contributed by atoms with Crippen LogP contribution in [0.15, 0.2) is 47.4 Å². The molecule has 10 heteroatoms. The van der Waals surface area contributed by atoms with E-state index in [4.69, 9.17) is 4.74 Å². The van der Waals surface area contributed by atoms with Crippen molar-refractivity contribution in [3.05, 3.63) is 59.9 Å². The van der Waals surface area contributed by atoms with Crippen molar-refractivity contribution in [2.75, 3.05) is 13.1 Å². The van der Waals surface area contributed by atoms with E-state index in [1.165, 1.54) is 18.2 Å². The Labute approximate surface area is 183 Å². The van der Waals surface area contributed by atoms with Crippen LogP contribution < -0.4 is 10.1 Å². The van der Waals surface area contributed by atoms with Crippen molar-refractivity contribution in [3.63, 3.8) is 0 Å². The molecule has 1 aliphatic heterocycles. The smallest absolute Gasteiger partial charge is 0.263 e. The SMILES string of the molecule is CC(C)(Oc1ccc(F)c(F)c1)C(=O)NC1CCN(N(O)Sc2cccc(F)c2)CC1. The van der Waals surface area contributed by atoms with Crippen LogP contribution in [0.2, 0.25) is 0 Å². The number of nitrogens with one attached hydrogen (secondary N) is 1. The number of piperidine rings is 1. The van der Waals surface area contributed by atoms with Crippen LogP contribution in [0, 0.1) is 17.5 Å². The molecule has 0 atom stereocenters. The van der Waals surface area contributed by atoms with Crippen LogP contribution in [-0.2, 0) is 4.79 Å². The second-order valence-electron chi connectivity index (χ2n) is 7.69. The Morgan fingerprint density at radius 1 is 1.16 bits per heavy atom. The molecule has 2 aromatic carbocycles. The Morgan fingerprint density at radius 3 is 2.52 bits per heavy atom. The summed E-state index contributed by atoms with van der Waals surface area (Å²) in [5.74, 6) is -2.75. The molecule has 1 saturated heterocycles. The van der Waals surface area contributed by atoms with E-state index in [0.29, 0.717) is 30.8 Å². The molecule has 3 rings (SSSR count). The van der Waals surface area contributed by atoms with Gasteiger partial charge in [-0.2, -0.15) is 0 Å². The minimum Gasteiger partial charge on any atom is -0.478 e. The number of nitrogens with zero attached hydrogens (tertiary/aromatic N) is 2. The van der Waals surface area contributed by atoms with Gasteiger partial charge in [0, 0.05) is 42.0 Å². The number of ether oxygens (including phenoxy) is 1. The third-order valence-electron chi connectivity index (χ3n) is 4.84. The average molecular weight is 456 g/mol. The molecule has 1 amide bonds. The van der Waals surface area contributed by atoms with Crippen LogP contribution in [0.3, 0.4) is 0 Å². The van der Waals surface area contributed by atoms with Gasteiger partial charge in [0.15, 0.2) is 17.2 Å². The fourth-order valence-corrected chi connectivity index (χ4v) is 3.87. The summed E-state index contributed by atoms with van der Waals surface area (Å²) in [5.41, 5.74) is -1.29. The van der Waals surface area contributed by atoms with Gasteiger partial charge in [-0.25, -0.2) is 18.2 Å². The molecule has 31 heavy (non-hydrogen) atoms. The van der Waals surface area contributed by atoms with Gasteiger partial charge in [0.2, 0.25) is 0 Å². The quantitative estimate of drug-likeness (QED) is 0.483. The summed E-state index contributed by atoms with van der Waals surface area (Å²) in [6.45, 7) is 4.05. The molecule has 0 bridgehead atoms. The molecule has 0 unspecified atom stereocenters. The molecule has 0 aromatic heterocycles. The summed E-state index contributed by atoms with van der Waals surface area (Å²) in [6, 6.07) is 8.89. The van der Waals surface area contributed by atoms with E-state index in [0.717, 1.165) is 28.7 Å². The predicted molar refractivity (Wildman–Crippen MR) is 110 cm³/mol. The van der Waals surface area contributed by atoms with E-state index < -0.39 is 17.2 Å². The van der Waals surface area contributed by atoms with Crippen LogP contribution in [0.1, 0.15) is 26.7 Å². The summed E-state index contributed by atoms with van der Waals surface area (Å²) in [7, 11) is 0. The van der Waals surface area contributed by atoms with Crippen molar-refractivity contribution >= 4 is 17.9 Å². The van der Waals surface area contributed by atoms with Gasteiger partial charge in [0.1, 0.15) is 11.6 Å². The van der Waals surface area contributed by atoms with E-state index >= 15 is 0 Å². The summed E-state index contributed by atoms with van der Waals surface area (Å²) >= 11 is 0.997. The van der Waals surface area contributed by atoms with Gasteiger partial charge in [-0.3, -0.25) is 10.0 Å². The van der Waals surface area contributed by atoms with Crippen LogP contribution in [0.5, 0.6) is 5.75 Å². The monoisotopic (exact) mass is 455 g/mol. The lowest BCUT2D eigenvalue weighted by Gasteiger charge is -2.36. The first kappa shape index (κ1) is 23.4. The standard InChI is InChI=1S/C21H24F3N3O3S/c1-21(2,30-16-6-7-18(23)19(24)13-16)20(28)25-15-8-10-26(11-9-15)27(29)31-17-5-3-4-14(22)12-17/h3-7,12-13,15,29H,8-11H2,1-2H3,(H,25,28). The molecule has 1 fully saturated rings. The van der Waals surface area contributed by atoms with E-state index in [-0.39, 0.29) is 23.5 Å². The van der Waals surface area contributed by atoms with E-state index in [1.54, 1.807) is 31.0 Å². The van der Waals surface area contributed by atoms with Crippen molar-refractivity contribution in [2.24, 2.45) is 0 Å². The summed E-state index contributed by atoms with van der Waals surface area (Å²) in [4.78, 5) is 13.2. The molecular weight excluding hydrogens is 431 g/mol. The van der Waals surface area contributed by atoms with Crippen molar-refractivity contribution in [3.8, 4) is 5.75 Å². The maximum Gasteiger partial charge on any atom is 0.263 e. The number of hydrogen-bond acceptors (Lipinski definition) is 6. The zero-order chi connectivity index (χ0) is 22.6. The number of hydrogen-bond donors (Lipinski definition) is 2. The minimum absolute atomic E-state index is 0.0548. The fourth-order valence-electron chi connectivity index (χ4n) is 3.10. The Hall–Kier alpha value is -2.27. The first-order valence-corrected chi connectivity index (χ1v) is 10.5. The number of carbonyl (C=O) groups excluding carboxylic acids is 1. The zero-order valence-corrected chi connectivity index (χ0v) is 18.0. The summed E-state index contributed by atoms with van der Waals surface area (Å²) in [5, 5.41) is 14.9. The van der Waals surface area contributed by atoms with Crippen LogP contribution in [0.25, 0.3) is 0 Å². The maximum atomic E-state index is 13.4. The Balaban J connectivity index is 1.49. The highest BCUT2D eigenvalue weighted by molar-refractivity contribution is 7.96. The Morgan fingerprint density at radius 2 is 1.87 bits per heavy atom. The van der Waals surface area contributed by atoms with E-state index in [9.17, 15) is 23.2 Å². The first-order valence-electron chi connectivity index (χ1n) is 9.76. The third-order valence-corrected chi connectivity index (χ3v) is 5.70. The topological polar surface area (TPSA) is 65.0 Å². The first-order chi connectivity index (χ1) is 14.6. The van der Waals surface area contributed by atoms with Crippen LogP contribution in [-0.4, -0.2) is 45.4 Å². The fraction of sp³-hybridized carbons (Fsp3) is 0.381. The minimum atomic E-state index is -1.29. The molecule has 0 aliphatic carbocycles. The average Bonchev–Trinajstić information content (AvgIpc) is 2.71. The second kappa shape index (κ2) is 9.90. The molecule has 168 valence electrons. The lowest BCUT2D eigenvalue weighted by atomic mass is 10.0. The van der Waals surface area contributed by atoms with Crippen LogP contribution in [0.4, 0.5) is 13.2 Å². The normalized spacial score (nSPS) is 15.8. The van der Waals surface area contributed by atoms with Crippen LogP contribution >= 0.6 is 11.9 Å². The van der Waals surface area contributed by atoms with Gasteiger partial charge in [0.25, 0.3) is 5.91 Å². The third kappa shape index (κ3) is 6.36. The van der Waals surface area contributed by atoms with Gasteiger partial charge in [0.05, 0.1) is 0 Å².